The van der Waals surface area contributed by atoms with Crippen LogP contribution in [0.1, 0.15) is 48.9 Å². The lowest BCUT2D eigenvalue weighted by molar-refractivity contribution is 0.0976. The second kappa shape index (κ2) is 9.59. The molecule has 4 rings (SSSR count). The van der Waals surface area contributed by atoms with Crippen LogP contribution < -0.4 is 5.56 Å². The molecule has 0 spiro atoms. The highest BCUT2D eigenvalue weighted by Gasteiger charge is 2.16. The number of rotatable bonds is 6. The topological polar surface area (TPSA) is 42.3 Å². The van der Waals surface area contributed by atoms with Gasteiger partial charge in [-0.25, -0.2) is 0 Å². The molecule has 1 fully saturated rings. The van der Waals surface area contributed by atoms with Gasteiger partial charge in [0.25, 0.3) is 5.56 Å². The number of hydrogen-bond acceptors (Lipinski definition) is 3. The van der Waals surface area contributed by atoms with E-state index in [-0.39, 0.29) is 11.3 Å². The molecule has 1 saturated heterocycles. The number of halogens is 1. The molecule has 5 heteroatoms. The molecule has 0 bridgehead atoms. The van der Waals surface area contributed by atoms with E-state index in [1.165, 1.54) is 25.7 Å². The minimum absolute atomic E-state index is 0.0868. The average Bonchev–Trinajstić information content (AvgIpc) is 3.04. The first-order chi connectivity index (χ1) is 14.6. The van der Waals surface area contributed by atoms with E-state index >= 15 is 0 Å². The summed E-state index contributed by atoms with van der Waals surface area (Å²) in [5.41, 5.74) is 1.18. The van der Waals surface area contributed by atoms with Crippen molar-refractivity contribution in [1.29, 1.82) is 0 Å². The molecule has 3 aromatic rings. The minimum Gasteiger partial charge on any atom is -0.303 e. The Labute approximate surface area is 182 Å². The Morgan fingerprint density at radius 1 is 0.900 bits per heavy atom. The van der Waals surface area contributed by atoms with Crippen LogP contribution in [0.25, 0.3) is 16.5 Å². The Bertz CT molecular complexity index is 1080. The fourth-order valence-electron chi connectivity index (χ4n) is 4.26. The van der Waals surface area contributed by atoms with Gasteiger partial charge in [0.15, 0.2) is 5.78 Å². The zero-order valence-electron chi connectivity index (χ0n) is 17.1. The number of Topliss-reactive ketones (excluding diaryl/α,β-unsaturated/α-hetero) is 1. The molecular weight excluding hydrogens is 396 g/mol. The van der Waals surface area contributed by atoms with Gasteiger partial charge in [-0.15, -0.1) is 0 Å². The first-order valence-corrected chi connectivity index (χ1v) is 11.2. The molecule has 156 valence electrons. The molecule has 0 N–H and O–H groups in total. The quantitative estimate of drug-likeness (QED) is 0.494. The maximum absolute atomic E-state index is 13.2. The molecule has 1 aromatic heterocycles. The van der Waals surface area contributed by atoms with Crippen LogP contribution >= 0.6 is 11.6 Å². The number of ketones is 1. The number of likely N-dealkylation sites (tertiary alicyclic amines) is 1. The van der Waals surface area contributed by atoms with Crippen molar-refractivity contribution in [2.45, 2.75) is 38.5 Å². The number of benzene rings is 2. The largest absolute Gasteiger partial charge is 0.303 e. The van der Waals surface area contributed by atoms with Gasteiger partial charge < -0.3 is 4.90 Å². The summed E-state index contributed by atoms with van der Waals surface area (Å²) in [6.07, 6.45) is 8.16. The molecule has 0 saturated carbocycles. The summed E-state index contributed by atoms with van der Waals surface area (Å²) >= 11 is 6.00. The van der Waals surface area contributed by atoms with Crippen LogP contribution in [0.3, 0.4) is 0 Å². The maximum Gasteiger partial charge on any atom is 0.262 e. The highest BCUT2D eigenvalue weighted by atomic mass is 35.5. The highest BCUT2D eigenvalue weighted by Crippen LogP contribution is 2.21. The van der Waals surface area contributed by atoms with Crippen LogP contribution in [0.2, 0.25) is 5.02 Å². The molecule has 1 aliphatic heterocycles. The van der Waals surface area contributed by atoms with Crippen molar-refractivity contribution in [3.63, 3.8) is 0 Å². The Morgan fingerprint density at radius 3 is 2.27 bits per heavy atom. The summed E-state index contributed by atoms with van der Waals surface area (Å²) < 4.78 is 1.56. The van der Waals surface area contributed by atoms with E-state index in [9.17, 15) is 9.59 Å². The lowest BCUT2D eigenvalue weighted by Gasteiger charge is -2.19. The molecule has 0 radical (unpaired) electrons. The lowest BCUT2D eigenvalue weighted by atomic mass is 10.0. The number of aromatic nitrogens is 1. The fraction of sp³-hybridized carbons (Fsp3) is 0.360. The van der Waals surface area contributed by atoms with Gasteiger partial charge in [0.05, 0.1) is 0 Å². The molecule has 0 unspecified atom stereocenters. The summed E-state index contributed by atoms with van der Waals surface area (Å²) in [6, 6.07) is 14.5. The minimum atomic E-state index is -0.131. The molecule has 0 atom stereocenters. The Morgan fingerprint density at radius 2 is 1.57 bits per heavy atom. The van der Waals surface area contributed by atoms with Crippen molar-refractivity contribution in [3.8, 4) is 5.69 Å². The third kappa shape index (κ3) is 4.66. The van der Waals surface area contributed by atoms with Crippen LogP contribution in [-0.4, -0.2) is 34.9 Å². The molecular formula is C25H27ClN2O2. The van der Waals surface area contributed by atoms with Gasteiger partial charge in [-0.1, -0.05) is 42.6 Å². The molecule has 0 amide bonds. The van der Waals surface area contributed by atoms with E-state index in [2.05, 4.69) is 4.90 Å². The van der Waals surface area contributed by atoms with Crippen molar-refractivity contribution in [2.75, 3.05) is 19.6 Å². The van der Waals surface area contributed by atoms with Crippen molar-refractivity contribution >= 4 is 28.2 Å². The average molecular weight is 423 g/mol. The zero-order chi connectivity index (χ0) is 20.9. The number of pyridine rings is 1. The van der Waals surface area contributed by atoms with Crippen LogP contribution in [0.4, 0.5) is 0 Å². The van der Waals surface area contributed by atoms with E-state index in [4.69, 9.17) is 11.6 Å². The summed E-state index contributed by atoms with van der Waals surface area (Å²) in [6.45, 7) is 3.23. The van der Waals surface area contributed by atoms with Gasteiger partial charge in [0, 0.05) is 34.3 Å². The van der Waals surface area contributed by atoms with E-state index in [0.717, 1.165) is 31.4 Å². The maximum atomic E-state index is 13.2. The number of nitrogens with zero attached hydrogens (tertiary/aromatic N) is 2. The SMILES string of the molecule is O=C(CCCN1CCCCCC1)c1cn(-c2ccc(Cl)cc2)c(=O)c2ccccc12. The van der Waals surface area contributed by atoms with E-state index in [1.807, 2.05) is 18.2 Å². The predicted octanol–water partition coefficient (Wildman–Crippen LogP) is 5.48. The first-order valence-electron chi connectivity index (χ1n) is 10.8. The molecule has 2 aromatic carbocycles. The van der Waals surface area contributed by atoms with Gasteiger partial charge in [-0.3, -0.25) is 14.2 Å². The van der Waals surface area contributed by atoms with Crippen molar-refractivity contribution < 1.29 is 4.79 Å². The standard InChI is InChI=1S/C25H27ClN2O2/c26-19-11-13-20(14-12-19)28-18-23(21-8-3-4-9-22(21)25(28)30)24(29)10-7-17-27-15-5-1-2-6-16-27/h3-4,8-9,11-14,18H,1-2,5-7,10,15-17H2. The first kappa shape index (κ1) is 20.8. The highest BCUT2D eigenvalue weighted by molar-refractivity contribution is 6.30. The van der Waals surface area contributed by atoms with Gasteiger partial charge in [0.1, 0.15) is 0 Å². The van der Waals surface area contributed by atoms with E-state index < -0.39 is 0 Å². The number of fused-ring (bicyclic) bond motifs is 1. The van der Waals surface area contributed by atoms with Crippen molar-refractivity contribution in [3.05, 3.63) is 75.7 Å². The fourth-order valence-corrected chi connectivity index (χ4v) is 4.39. The molecule has 0 aliphatic carbocycles. The molecule has 4 nitrogen and oxygen atoms in total. The number of carbonyl (C=O) groups excluding carboxylic acids is 1. The second-order valence-corrected chi connectivity index (χ2v) is 8.46. The number of carbonyl (C=O) groups is 1. The van der Waals surface area contributed by atoms with Crippen LogP contribution in [0, 0.1) is 0 Å². The third-order valence-electron chi connectivity index (χ3n) is 5.91. The Balaban J connectivity index is 1.60. The van der Waals surface area contributed by atoms with Crippen LogP contribution in [-0.2, 0) is 0 Å². The number of hydrogen-bond donors (Lipinski definition) is 0. The molecule has 1 aliphatic rings. The van der Waals surface area contributed by atoms with Crippen LogP contribution in [0.15, 0.2) is 59.5 Å². The Hall–Kier alpha value is -2.43. The van der Waals surface area contributed by atoms with E-state index in [0.29, 0.717) is 28.1 Å². The van der Waals surface area contributed by atoms with Gasteiger partial charge in [0.2, 0.25) is 0 Å². The second-order valence-electron chi connectivity index (χ2n) is 8.02. The van der Waals surface area contributed by atoms with Gasteiger partial charge in [-0.2, -0.15) is 0 Å². The summed E-state index contributed by atoms with van der Waals surface area (Å²) in [7, 11) is 0. The summed E-state index contributed by atoms with van der Waals surface area (Å²) in [5.74, 6) is 0.0868. The third-order valence-corrected chi connectivity index (χ3v) is 6.16. The lowest BCUT2D eigenvalue weighted by Crippen LogP contribution is -2.26. The van der Waals surface area contributed by atoms with Gasteiger partial charge in [-0.05, 0) is 74.6 Å². The van der Waals surface area contributed by atoms with Crippen molar-refractivity contribution in [2.24, 2.45) is 0 Å². The van der Waals surface area contributed by atoms with Crippen LogP contribution in [0.5, 0.6) is 0 Å². The normalized spacial score (nSPS) is 15.2. The van der Waals surface area contributed by atoms with Gasteiger partial charge >= 0.3 is 0 Å². The molecule has 2 heterocycles. The monoisotopic (exact) mass is 422 g/mol. The molecule has 30 heavy (non-hydrogen) atoms. The predicted molar refractivity (Wildman–Crippen MR) is 123 cm³/mol. The summed E-state index contributed by atoms with van der Waals surface area (Å²) in [4.78, 5) is 28.7. The Kier molecular flexibility index (Phi) is 6.66. The van der Waals surface area contributed by atoms with E-state index in [1.54, 1.807) is 41.1 Å². The smallest absolute Gasteiger partial charge is 0.262 e. The van der Waals surface area contributed by atoms with Crippen molar-refractivity contribution in [1.82, 2.24) is 9.47 Å². The summed E-state index contributed by atoms with van der Waals surface area (Å²) in [5, 5.41) is 1.90. The zero-order valence-corrected chi connectivity index (χ0v) is 17.9.